The summed E-state index contributed by atoms with van der Waals surface area (Å²) in [5.74, 6) is 4.06. The minimum absolute atomic E-state index is 0.200. The van der Waals surface area contributed by atoms with E-state index < -0.39 is 0 Å². The van der Waals surface area contributed by atoms with Gasteiger partial charge in [-0.1, -0.05) is 0 Å². The normalized spacial score (nSPS) is 31.9. The standard InChI is InChI=1S/C18H22N4O2/c19-7-1-2-9-24-13-4-3-8-20-17(13)22-18(23)21-16-14-11-5-6-12(10-11)15(14)16/h3-4,8,11-12,14-16H,1-2,5-6,9-10H2,(H2,20,21,22,23)/t11-,12-,14-,15+,16?/m0/s1. The number of hydrogen-bond acceptors (Lipinski definition) is 4. The molecule has 3 fully saturated rings. The van der Waals surface area contributed by atoms with Crippen molar-refractivity contribution in [1.82, 2.24) is 10.3 Å². The van der Waals surface area contributed by atoms with E-state index in [0.717, 1.165) is 11.8 Å². The van der Waals surface area contributed by atoms with Crippen molar-refractivity contribution in [1.29, 1.82) is 5.26 Å². The van der Waals surface area contributed by atoms with Gasteiger partial charge in [0.1, 0.15) is 0 Å². The summed E-state index contributed by atoms with van der Waals surface area (Å²) in [6.45, 7) is 0.436. The van der Waals surface area contributed by atoms with Crippen molar-refractivity contribution in [2.45, 2.75) is 38.1 Å². The van der Waals surface area contributed by atoms with Crippen molar-refractivity contribution in [3.8, 4) is 11.8 Å². The van der Waals surface area contributed by atoms with Crippen LogP contribution in [0.15, 0.2) is 18.3 Å². The molecular formula is C18H22N4O2. The lowest BCUT2D eigenvalue weighted by Gasteiger charge is -2.13. The van der Waals surface area contributed by atoms with E-state index in [1.807, 2.05) is 0 Å². The molecule has 2 N–H and O–H groups in total. The zero-order valence-electron chi connectivity index (χ0n) is 13.6. The van der Waals surface area contributed by atoms with Crippen LogP contribution in [0.4, 0.5) is 10.6 Å². The van der Waals surface area contributed by atoms with Crippen molar-refractivity contribution in [3.63, 3.8) is 0 Å². The maximum absolute atomic E-state index is 12.3. The smallest absolute Gasteiger partial charge is 0.320 e. The number of fused-ring (bicyclic) bond motifs is 5. The molecular weight excluding hydrogens is 304 g/mol. The first-order chi connectivity index (χ1) is 11.8. The number of nitriles is 1. The second-order valence-electron chi connectivity index (χ2n) is 7.07. The zero-order chi connectivity index (χ0) is 16.5. The van der Waals surface area contributed by atoms with Gasteiger partial charge in [0.25, 0.3) is 0 Å². The summed E-state index contributed by atoms with van der Waals surface area (Å²) in [6.07, 6.45) is 6.79. The molecule has 3 aliphatic rings. The fraction of sp³-hybridized carbons (Fsp3) is 0.611. The third-order valence-corrected chi connectivity index (χ3v) is 5.73. The molecule has 2 amide bonds. The Hall–Kier alpha value is -2.29. The minimum atomic E-state index is -0.200. The lowest BCUT2D eigenvalue weighted by atomic mass is 10.0. The maximum atomic E-state index is 12.3. The summed E-state index contributed by atoms with van der Waals surface area (Å²) in [6, 6.07) is 5.78. The third-order valence-electron chi connectivity index (χ3n) is 5.73. The van der Waals surface area contributed by atoms with Crippen LogP contribution in [0.5, 0.6) is 5.75 Å². The minimum Gasteiger partial charge on any atom is -0.490 e. The molecule has 24 heavy (non-hydrogen) atoms. The Morgan fingerprint density at radius 2 is 2.17 bits per heavy atom. The average molecular weight is 326 g/mol. The number of ether oxygens (including phenoxy) is 1. The summed E-state index contributed by atoms with van der Waals surface area (Å²) in [5, 5.41) is 14.5. The van der Waals surface area contributed by atoms with Gasteiger partial charge in [0.15, 0.2) is 11.6 Å². The first kappa shape index (κ1) is 15.3. The highest BCUT2D eigenvalue weighted by molar-refractivity contribution is 5.90. The molecule has 0 spiro atoms. The Balaban J connectivity index is 1.31. The molecule has 3 saturated carbocycles. The van der Waals surface area contributed by atoms with Crippen LogP contribution in [0.25, 0.3) is 0 Å². The van der Waals surface area contributed by atoms with Gasteiger partial charge in [0.05, 0.1) is 12.7 Å². The summed E-state index contributed by atoms with van der Waals surface area (Å²) in [4.78, 5) is 16.5. The molecule has 0 radical (unpaired) electrons. The Morgan fingerprint density at radius 1 is 1.38 bits per heavy atom. The van der Waals surface area contributed by atoms with E-state index in [1.165, 1.54) is 19.3 Å². The van der Waals surface area contributed by atoms with Gasteiger partial charge in [-0.3, -0.25) is 5.32 Å². The highest BCUT2D eigenvalue weighted by Crippen LogP contribution is 2.65. The van der Waals surface area contributed by atoms with Crippen LogP contribution >= 0.6 is 0 Å². The van der Waals surface area contributed by atoms with Crippen LogP contribution in [0.1, 0.15) is 32.1 Å². The molecule has 3 aliphatic carbocycles. The van der Waals surface area contributed by atoms with Crippen LogP contribution in [0.3, 0.4) is 0 Å². The van der Waals surface area contributed by atoms with E-state index in [1.54, 1.807) is 18.3 Å². The quantitative estimate of drug-likeness (QED) is 0.787. The van der Waals surface area contributed by atoms with Crippen LogP contribution < -0.4 is 15.4 Å². The predicted octanol–water partition coefficient (Wildman–Crippen LogP) is 2.93. The van der Waals surface area contributed by atoms with Gasteiger partial charge in [0.2, 0.25) is 0 Å². The van der Waals surface area contributed by atoms with Gasteiger partial charge >= 0.3 is 6.03 Å². The number of unbranched alkanes of at least 4 members (excludes halogenated alkanes) is 1. The molecule has 5 atom stereocenters. The van der Waals surface area contributed by atoms with E-state index in [2.05, 4.69) is 21.7 Å². The van der Waals surface area contributed by atoms with Crippen molar-refractivity contribution in [2.75, 3.05) is 11.9 Å². The van der Waals surface area contributed by atoms with Crippen molar-refractivity contribution >= 4 is 11.8 Å². The van der Waals surface area contributed by atoms with Gasteiger partial charge in [-0.25, -0.2) is 9.78 Å². The second-order valence-corrected chi connectivity index (χ2v) is 7.07. The fourth-order valence-corrected chi connectivity index (χ4v) is 4.75. The summed E-state index contributed by atoms with van der Waals surface area (Å²) in [5.41, 5.74) is 0. The molecule has 1 aromatic heterocycles. The number of nitrogens with zero attached hydrogens (tertiary/aromatic N) is 2. The maximum Gasteiger partial charge on any atom is 0.320 e. The number of nitrogens with one attached hydrogen (secondary N) is 2. The van der Waals surface area contributed by atoms with E-state index in [4.69, 9.17) is 10.00 Å². The van der Waals surface area contributed by atoms with Gasteiger partial charge in [-0.2, -0.15) is 5.26 Å². The van der Waals surface area contributed by atoms with Crippen molar-refractivity contribution in [2.24, 2.45) is 23.7 Å². The monoisotopic (exact) mass is 326 g/mol. The lowest BCUT2D eigenvalue weighted by Crippen LogP contribution is -2.34. The van der Waals surface area contributed by atoms with E-state index in [0.29, 0.717) is 48.9 Å². The van der Waals surface area contributed by atoms with Gasteiger partial charge in [-0.15, -0.1) is 0 Å². The molecule has 126 valence electrons. The number of aromatic nitrogens is 1. The Labute approximate surface area is 141 Å². The lowest BCUT2D eigenvalue weighted by molar-refractivity contribution is 0.249. The number of carbonyl (C=O) groups is 1. The van der Waals surface area contributed by atoms with E-state index >= 15 is 0 Å². The molecule has 0 saturated heterocycles. The molecule has 6 nitrogen and oxygen atoms in total. The first-order valence-corrected chi connectivity index (χ1v) is 8.80. The molecule has 1 heterocycles. The van der Waals surface area contributed by atoms with Crippen LogP contribution in [0, 0.1) is 35.0 Å². The SMILES string of the molecule is N#CCCCOc1cccnc1NC(=O)NC1[C@@H]2[C@H]3CC[C@@H](C3)[C@H]12. The number of hydrogen-bond donors (Lipinski definition) is 2. The number of rotatable bonds is 6. The molecule has 6 heteroatoms. The number of pyridine rings is 1. The summed E-state index contributed by atoms with van der Waals surface area (Å²) < 4.78 is 5.62. The topological polar surface area (TPSA) is 87.0 Å². The Kier molecular flexibility index (Phi) is 4.01. The molecule has 1 unspecified atom stereocenters. The van der Waals surface area contributed by atoms with Crippen molar-refractivity contribution < 1.29 is 9.53 Å². The first-order valence-electron chi connectivity index (χ1n) is 8.80. The molecule has 1 aromatic rings. The number of urea groups is 1. The zero-order valence-corrected chi connectivity index (χ0v) is 13.6. The highest BCUT2D eigenvalue weighted by atomic mass is 16.5. The van der Waals surface area contributed by atoms with E-state index in [9.17, 15) is 4.79 Å². The molecule has 0 aromatic carbocycles. The van der Waals surface area contributed by atoms with Crippen LogP contribution in [0.2, 0.25) is 0 Å². The number of amides is 2. The molecule has 2 bridgehead atoms. The molecule has 0 aliphatic heterocycles. The van der Waals surface area contributed by atoms with E-state index in [-0.39, 0.29) is 6.03 Å². The summed E-state index contributed by atoms with van der Waals surface area (Å²) in [7, 11) is 0. The molecule has 4 rings (SSSR count). The average Bonchev–Trinajstić information content (AvgIpc) is 2.96. The predicted molar refractivity (Wildman–Crippen MR) is 88.3 cm³/mol. The number of carbonyl (C=O) groups excluding carboxylic acids is 1. The van der Waals surface area contributed by atoms with Gasteiger partial charge < -0.3 is 10.1 Å². The summed E-state index contributed by atoms with van der Waals surface area (Å²) >= 11 is 0. The number of anilines is 1. The Morgan fingerprint density at radius 3 is 2.92 bits per heavy atom. The second kappa shape index (κ2) is 6.31. The van der Waals surface area contributed by atoms with Crippen molar-refractivity contribution in [3.05, 3.63) is 18.3 Å². The van der Waals surface area contributed by atoms with Gasteiger partial charge in [-0.05, 0) is 61.5 Å². The Bertz CT molecular complexity index is 655. The highest BCUT2D eigenvalue weighted by Gasteiger charge is 2.65. The third kappa shape index (κ3) is 2.79. The van der Waals surface area contributed by atoms with Gasteiger partial charge in [0, 0.05) is 18.7 Å². The van der Waals surface area contributed by atoms with Crippen LogP contribution in [-0.4, -0.2) is 23.7 Å². The largest absolute Gasteiger partial charge is 0.490 e. The van der Waals surface area contributed by atoms with Crippen LogP contribution in [-0.2, 0) is 0 Å². The fourth-order valence-electron chi connectivity index (χ4n) is 4.75.